The van der Waals surface area contributed by atoms with E-state index in [0.717, 1.165) is 43.0 Å². The Hall–Kier alpha value is -2.11. The van der Waals surface area contributed by atoms with Gasteiger partial charge in [0.1, 0.15) is 11.3 Å². The minimum atomic E-state index is 0.0229. The first kappa shape index (κ1) is 14.8. The van der Waals surface area contributed by atoms with Gasteiger partial charge in [-0.25, -0.2) is 14.8 Å². The third kappa shape index (κ3) is 2.65. The zero-order chi connectivity index (χ0) is 15.7. The standard InChI is InChI=1S/C16H23N5O/c1-4-21-14(19-13-6-5-8-17-15(13)21)12-7-9-20(10-12)16(22)18-11(2)3/h5-6,8,11-12H,4,7,9-10H2,1-3H3,(H,18,22). The van der Waals surface area contributed by atoms with Gasteiger partial charge in [-0.1, -0.05) is 0 Å². The Kier molecular flexibility index (Phi) is 4.00. The van der Waals surface area contributed by atoms with Crippen LogP contribution in [0.5, 0.6) is 0 Å². The lowest BCUT2D eigenvalue weighted by Gasteiger charge is -2.19. The molecule has 1 fully saturated rings. The van der Waals surface area contributed by atoms with Crippen LogP contribution in [0.4, 0.5) is 4.79 Å². The number of carbonyl (C=O) groups is 1. The van der Waals surface area contributed by atoms with Gasteiger partial charge in [0.15, 0.2) is 5.65 Å². The molecule has 2 aromatic rings. The molecule has 0 bridgehead atoms. The number of aryl methyl sites for hydroxylation is 1. The molecule has 1 atom stereocenters. The molecule has 1 unspecified atom stereocenters. The van der Waals surface area contributed by atoms with Crippen molar-refractivity contribution in [2.45, 2.75) is 45.7 Å². The van der Waals surface area contributed by atoms with Gasteiger partial charge in [0.2, 0.25) is 0 Å². The molecule has 2 amide bonds. The molecular formula is C16H23N5O. The number of likely N-dealkylation sites (tertiary alicyclic amines) is 1. The van der Waals surface area contributed by atoms with E-state index in [1.54, 1.807) is 6.20 Å². The van der Waals surface area contributed by atoms with Gasteiger partial charge in [0.25, 0.3) is 0 Å². The molecule has 0 aliphatic carbocycles. The fourth-order valence-corrected chi connectivity index (χ4v) is 3.09. The van der Waals surface area contributed by atoms with Crippen molar-refractivity contribution >= 4 is 17.2 Å². The van der Waals surface area contributed by atoms with Crippen LogP contribution in [0, 0.1) is 0 Å². The Morgan fingerprint density at radius 2 is 2.32 bits per heavy atom. The zero-order valence-corrected chi connectivity index (χ0v) is 13.4. The smallest absolute Gasteiger partial charge is 0.317 e. The van der Waals surface area contributed by atoms with E-state index in [4.69, 9.17) is 4.98 Å². The fourth-order valence-electron chi connectivity index (χ4n) is 3.09. The lowest BCUT2D eigenvalue weighted by Crippen LogP contribution is -2.41. The van der Waals surface area contributed by atoms with Crippen LogP contribution in [-0.2, 0) is 6.54 Å². The van der Waals surface area contributed by atoms with E-state index in [0.29, 0.717) is 0 Å². The van der Waals surface area contributed by atoms with E-state index in [9.17, 15) is 4.79 Å². The van der Waals surface area contributed by atoms with Crippen LogP contribution in [-0.4, -0.2) is 44.6 Å². The third-order valence-electron chi connectivity index (χ3n) is 4.10. The lowest BCUT2D eigenvalue weighted by atomic mass is 10.1. The molecule has 0 aromatic carbocycles. The Labute approximate surface area is 130 Å². The summed E-state index contributed by atoms with van der Waals surface area (Å²) in [5.41, 5.74) is 1.87. The number of hydrogen-bond acceptors (Lipinski definition) is 3. The summed E-state index contributed by atoms with van der Waals surface area (Å²) < 4.78 is 2.17. The van der Waals surface area contributed by atoms with Crippen molar-refractivity contribution in [1.82, 2.24) is 24.8 Å². The van der Waals surface area contributed by atoms with Crippen LogP contribution in [0.15, 0.2) is 18.3 Å². The molecule has 1 aliphatic rings. The number of pyridine rings is 1. The number of aromatic nitrogens is 3. The number of fused-ring (bicyclic) bond motifs is 1. The topological polar surface area (TPSA) is 63.1 Å². The quantitative estimate of drug-likeness (QED) is 0.946. The van der Waals surface area contributed by atoms with Crippen LogP contribution in [0.2, 0.25) is 0 Å². The molecule has 2 aromatic heterocycles. The Balaban J connectivity index is 1.82. The van der Waals surface area contributed by atoms with Gasteiger partial charge in [-0.2, -0.15) is 0 Å². The number of urea groups is 1. The first-order valence-electron chi connectivity index (χ1n) is 7.96. The van der Waals surface area contributed by atoms with E-state index in [-0.39, 0.29) is 18.0 Å². The fraction of sp³-hybridized carbons (Fsp3) is 0.562. The summed E-state index contributed by atoms with van der Waals surface area (Å²) in [6.45, 7) is 8.42. The SMILES string of the molecule is CCn1c(C2CCN(C(=O)NC(C)C)C2)nc2cccnc21. The largest absolute Gasteiger partial charge is 0.336 e. The molecule has 0 spiro atoms. The summed E-state index contributed by atoms with van der Waals surface area (Å²) in [4.78, 5) is 23.2. The Morgan fingerprint density at radius 1 is 1.50 bits per heavy atom. The number of nitrogens with zero attached hydrogens (tertiary/aromatic N) is 4. The normalized spacial score (nSPS) is 18.4. The first-order valence-corrected chi connectivity index (χ1v) is 7.96. The molecule has 6 heteroatoms. The van der Waals surface area contributed by atoms with Gasteiger partial charge in [-0.15, -0.1) is 0 Å². The molecule has 6 nitrogen and oxygen atoms in total. The van der Waals surface area contributed by atoms with Crippen molar-refractivity contribution < 1.29 is 4.79 Å². The molecule has 1 saturated heterocycles. The molecule has 3 heterocycles. The predicted molar refractivity (Wildman–Crippen MR) is 85.8 cm³/mol. The van der Waals surface area contributed by atoms with E-state index in [2.05, 4.69) is 21.8 Å². The number of amides is 2. The van der Waals surface area contributed by atoms with Crippen LogP contribution in [0.25, 0.3) is 11.2 Å². The van der Waals surface area contributed by atoms with Gasteiger partial charge in [0.05, 0.1) is 0 Å². The van der Waals surface area contributed by atoms with E-state index < -0.39 is 0 Å². The van der Waals surface area contributed by atoms with Crippen molar-refractivity contribution in [2.24, 2.45) is 0 Å². The summed E-state index contributed by atoms with van der Waals surface area (Å²) in [6.07, 6.45) is 2.76. The second kappa shape index (κ2) is 5.94. The molecule has 0 saturated carbocycles. The predicted octanol–water partition coefficient (Wildman–Crippen LogP) is 2.36. The molecule has 1 aliphatic heterocycles. The third-order valence-corrected chi connectivity index (χ3v) is 4.10. The number of hydrogen-bond donors (Lipinski definition) is 1. The summed E-state index contributed by atoms with van der Waals surface area (Å²) in [5.74, 6) is 1.34. The summed E-state index contributed by atoms with van der Waals surface area (Å²) in [6, 6.07) is 4.09. The average molecular weight is 301 g/mol. The van der Waals surface area contributed by atoms with Gasteiger partial charge >= 0.3 is 6.03 Å². The average Bonchev–Trinajstić information content (AvgIpc) is 3.10. The van der Waals surface area contributed by atoms with Gasteiger partial charge in [-0.05, 0) is 39.3 Å². The summed E-state index contributed by atoms with van der Waals surface area (Å²) >= 11 is 0. The number of carbonyl (C=O) groups excluding carboxylic acids is 1. The van der Waals surface area contributed by atoms with Crippen LogP contribution >= 0.6 is 0 Å². The van der Waals surface area contributed by atoms with Crippen molar-refractivity contribution in [1.29, 1.82) is 0 Å². The molecule has 22 heavy (non-hydrogen) atoms. The van der Waals surface area contributed by atoms with Crippen molar-refractivity contribution in [3.05, 3.63) is 24.2 Å². The molecule has 3 rings (SSSR count). The minimum absolute atomic E-state index is 0.0229. The van der Waals surface area contributed by atoms with E-state index >= 15 is 0 Å². The van der Waals surface area contributed by atoms with Crippen LogP contribution in [0.3, 0.4) is 0 Å². The number of rotatable bonds is 3. The highest BCUT2D eigenvalue weighted by molar-refractivity contribution is 5.75. The number of nitrogens with one attached hydrogen (secondary N) is 1. The van der Waals surface area contributed by atoms with Crippen molar-refractivity contribution in [3.8, 4) is 0 Å². The van der Waals surface area contributed by atoms with Gasteiger partial charge in [-0.3, -0.25) is 0 Å². The van der Waals surface area contributed by atoms with Crippen molar-refractivity contribution in [3.63, 3.8) is 0 Å². The van der Waals surface area contributed by atoms with Crippen LogP contribution in [0.1, 0.15) is 38.9 Å². The van der Waals surface area contributed by atoms with Crippen LogP contribution < -0.4 is 5.32 Å². The van der Waals surface area contributed by atoms with Gasteiger partial charge in [0, 0.05) is 37.8 Å². The van der Waals surface area contributed by atoms with E-state index in [1.165, 1.54) is 0 Å². The highest BCUT2D eigenvalue weighted by Crippen LogP contribution is 2.28. The molecule has 1 N–H and O–H groups in total. The monoisotopic (exact) mass is 301 g/mol. The number of imidazole rings is 1. The summed E-state index contributed by atoms with van der Waals surface area (Å²) in [7, 11) is 0. The maximum Gasteiger partial charge on any atom is 0.317 e. The molecular weight excluding hydrogens is 278 g/mol. The highest BCUT2D eigenvalue weighted by atomic mass is 16.2. The highest BCUT2D eigenvalue weighted by Gasteiger charge is 2.31. The lowest BCUT2D eigenvalue weighted by molar-refractivity contribution is 0.205. The maximum atomic E-state index is 12.1. The molecule has 118 valence electrons. The van der Waals surface area contributed by atoms with Crippen molar-refractivity contribution in [2.75, 3.05) is 13.1 Å². The first-order chi connectivity index (χ1) is 10.6. The second-order valence-electron chi connectivity index (χ2n) is 6.10. The minimum Gasteiger partial charge on any atom is -0.336 e. The molecule has 0 radical (unpaired) electrons. The Morgan fingerprint density at radius 3 is 3.05 bits per heavy atom. The Bertz CT molecular complexity index is 678. The summed E-state index contributed by atoms with van der Waals surface area (Å²) in [5, 5.41) is 2.96. The second-order valence-corrected chi connectivity index (χ2v) is 6.10. The van der Waals surface area contributed by atoms with E-state index in [1.807, 2.05) is 30.9 Å². The zero-order valence-electron chi connectivity index (χ0n) is 13.4. The van der Waals surface area contributed by atoms with Gasteiger partial charge < -0.3 is 14.8 Å². The maximum absolute atomic E-state index is 12.1.